The van der Waals surface area contributed by atoms with Crippen LogP contribution in [0.3, 0.4) is 0 Å². The molecule has 2 amide bonds. The van der Waals surface area contributed by atoms with Crippen LogP contribution in [0, 0.1) is 0 Å². The van der Waals surface area contributed by atoms with Crippen LogP contribution in [0.5, 0.6) is 5.75 Å². The molecule has 0 radical (unpaired) electrons. The molecule has 0 aliphatic carbocycles. The molecule has 0 bridgehead atoms. The van der Waals surface area contributed by atoms with E-state index in [4.69, 9.17) is 9.47 Å². The Morgan fingerprint density at radius 1 is 1.27 bits per heavy atom. The third kappa shape index (κ3) is 2.80. The van der Waals surface area contributed by atoms with Crippen LogP contribution in [0.4, 0.5) is 10.7 Å². The summed E-state index contributed by atoms with van der Waals surface area (Å²) in [4.78, 5) is 36.7. The average molecular weight is 374 g/mol. The first-order valence-corrected chi connectivity index (χ1v) is 8.69. The normalized spacial score (nSPS) is 15.3. The van der Waals surface area contributed by atoms with Crippen LogP contribution in [0.25, 0.3) is 0 Å². The van der Waals surface area contributed by atoms with E-state index < -0.39 is 11.9 Å². The largest absolute Gasteiger partial charge is 0.481 e. The number of para-hydroxylation sites is 1. The number of carboxylic acid groups (broad SMARTS) is 1. The number of rotatable bonds is 3. The van der Waals surface area contributed by atoms with E-state index in [1.54, 1.807) is 18.2 Å². The van der Waals surface area contributed by atoms with Gasteiger partial charge in [0.1, 0.15) is 5.00 Å². The van der Waals surface area contributed by atoms with Crippen molar-refractivity contribution in [3.8, 4) is 5.75 Å². The summed E-state index contributed by atoms with van der Waals surface area (Å²) in [5, 5.41) is 15.1. The zero-order valence-corrected chi connectivity index (χ0v) is 14.3. The zero-order chi connectivity index (χ0) is 18.3. The van der Waals surface area contributed by atoms with Crippen LogP contribution < -0.4 is 15.4 Å². The molecule has 2 aliphatic heterocycles. The zero-order valence-electron chi connectivity index (χ0n) is 13.5. The van der Waals surface area contributed by atoms with E-state index in [-0.39, 0.29) is 41.0 Å². The lowest BCUT2D eigenvalue weighted by molar-refractivity contribution is -0.118. The summed E-state index contributed by atoms with van der Waals surface area (Å²) in [5.74, 6) is -1.64. The van der Waals surface area contributed by atoms with Crippen LogP contribution in [0.2, 0.25) is 0 Å². The predicted molar refractivity (Wildman–Crippen MR) is 93.2 cm³/mol. The fraction of sp³-hybridized carbons (Fsp3) is 0.235. The first-order valence-electron chi connectivity index (χ1n) is 7.87. The standard InChI is InChI=1S/C17H14N2O6S/c20-12-7-25-14-8(2-1-3-10(14)18-12)15(21)19-16-13(17(22)23)9-6-24-5-4-11(9)26-16/h1-3H,4-7H2,(H,18,20)(H,19,21)(H,22,23). The number of aromatic carboxylic acids is 1. The van der Waals surface area contributed by atoms with Crippen molar-refractivity contribution in [3.05, 3.63) is 39.8 Å². The van der Waals surface area contributed by atoms with Crippen LogP contribution in [0.1, 0.15) is 31.2 Å². The number of carbonyl (C=O) groups is 3. The minimum Gasteiger partial charge on any atom is -0.481 e. The van der Waals surface area contributed by atoms with Crippen molar-refractivity contribution in [2.75, 3.05) is 23.8 Å². The maximum atomic E-state index is 12.7. The molecule has 0 unspecified atom stereocenters. The van der Waals surface area contributed by atoms with Crippen molar-refractivity contribution in [3.63, 3.8) is 0 Å². The molecule has 0 fully saturated rings. The molecule has 0 saturated heterocycles. The lowest BCUT2D eigenvalue weighted by atomic mass is 10.1. The van der Waals surface area contributed by atoms with Gasteiger partial charge in [0.05, 0.1) is 30.0 Å². The fourth-order valence-electron chi connectivity index (χ4n) is 2.98. The monoisotopic (exact) mass is 374 g/mol. The van der Waals surface area contributed by atoms with Gasteiger partial charge in [0.15, 0.2) is 12.4 Å². The van der Waals surface area contributed by atoms with Gasteiger partial charge in [-0.1, -0.05) is 6.07 Å². The van der Waals surface area contributed by atoms with Gasteiger partial charge in [0, 0.05) is 16.9 Å². The Morgan fingerprint density at radius 2 is 2.12 bits per heavy atom. The lowest BCUT2D eigenvalue weighted by Crippen LogP contribution is -2.27. The summed E-state index contributed by atoms with van der Waals surface area (Å²) in [6, 6.07) is 4.81. The number of fused-ring (bicyclic) bond motifs is 2. The molecule has 1 aromatic heterocycles. The molecule has 3 heterocycles. The second kappa shape index (κ2) is 6.43. The minimum absolute atomic E-state index is 0.0667. The summed E-state index contributed by atoms with van der Waals surface area (Å²) in [6.07, 6.45) is 0.617. The van der Waals surface area contributed by atoms with Gasteiger partial charge < -0.3 is 25.2 Å². The van der Waals surface area contributed by atoms with Gasteiger partial charge in [-0.15, -0.1) is 11.3 Å². The van der Waals surface area contributed by atoms with Crippen LogP contribution in [-0.2, 0) is 22.6 Å². The molecular weight excluding hydrogens is 360 g/mol. The number of amides is 2. The SMILES string of the molecule is O=C1COc2c(cccc2C(=O)Nc2sc3c(c2C(=O)O)COCC3)N1. The Kier molecular flexibility index (Phi) is 4.09. The molecule has 134 valence electrons. The van der Waals surface area contributed by atoms with E-state index in [9.17, 15) is 19.5 Å². The Labute approximate surface area is 151 Å². The number of ether oxygens (including phenoxy) is 2. The molecule has 0 spiro atoms. The van der Waals surface area contributed by atoms with E-state index in [0.717, 1.165) is 4.88 Å². The van der Waals surface area contributed by atoms with E-state index >= 15 is 0 Å². The molecule has 9 heteroatoms. The number of carboxylic acids is 1. The Hall–Kier alpha value is -2.91. The van der Waals surface area contributed by atoms with Crippen molar-refractivity contribution in [2.24, 2.45) is 0 Å². The Morgan fingerprint density at radius 3 is 2.92 bits per heavy atom. The number of hydrogen-bond donors (Lipinski definition) is 3. The van der Waals surface area contributed by atoms with Crippen molar-refractivity contribution >= 4 is 39.8 Å². The molecule has 2 aliphatic rings. The van der Waals surface area contributed by atoms with E-state index in [2.05, 4.69) is 10.6 Å². The van der Waals surface area contributed by atoms with Crippen molar-refractivity contribution in [1.29, 1.82) is 0 Å². The summed E-state index contributed by atoms with van der Waals surface area (Å²) in [7, 11) is 0. The van der Waals surface area contributed by atoms with Gasteiger partial charge in [-0.25, -0.2) is 4.79 Å². The van der Waals surface area contributed by atoms with Crippen LogP contribution in [0.15, 0.2) is 18.2 Å². The summed E-state index contributed by atoms with van der Waals surface area (Å²) in [5.41, 5.74) is 1.31. The van der Waals surface area contributed by atoms with E-state index in [0.29, 0.717) is 24.3 Å². The van der Waals surface area contributed by atoms with Crippen molar-refractivity contribution < 1.29 is 29.0 Å². The molecule has 26 heavy (non-hydrogen) atoms. The van der Waals surface area contributed by atoms with Crippen LogP contribution in [-0.4, -0.2) is 36.1 Å². The highest BCUT2D eigenvalue weighted by molar-refractivity contribution is 7.17. The van der Waals surface area contributed by atoms with E-state index in [1.165, 1.54) is 11.3 Å². The second-order valence-electron chi connectivity index (χ2n) is 5.79. The molecule has 4 rings (SSSR count). The number of thiophene rings is 1. The lowest BCUT2D eigenvalue weighted by Gasteiger charge is -2.20. The molecule has 2 aromatic rings. The maximum Gasteiger partial charge on any atom is 0.339 e. The quantitative estimate of drug-likeness (QED) is 0.758. The second-order valence-corrected chi connectivity index (χ2v) is 6.89. The number of carbonyl (C=O) groups excluding carboxylic acids is 2. The summed E-state index contributed by atoms with van der Waals surface area (Å²) in [6.45, 7) is 0.571. The molecule has 0 saturated carbocycles. The fourth-order valence-corrected chi connectivity index (χ4v) is 4.16. The molecule has 1 aromatic carbocycles. The molecular formula is C17H14N2O6S. The van der Waals surface area contributed by atoms with E-state index in [1.807, 2.05) is 0 Å². The number of hydrogen-bond acceptors (Lipinski definition) is 6. The highest BCUT2D eigenvalue weighted by atomic mass is 32.1. The number of anilines is 2. The topological polar surface area (TPSA) is 114 Å². The Bertz CT molecular complexity index is 936. The van der Waals surface area contributed by atoms with Gasteiger partial charge >= 0.3 is 5.97 Å². The third-order valence-electron chi connectivity index (χ3n) is 4.13. The molecule has 8 nitrogen and oxygen atoms in total. The highest BCUT2D eigenvalue weighted by Crippen LogP contribution is 2.38. The third-order valence-corrected chi connectivity index (χ3v) is 5.34. The van der Waals surface area contributed by atoms with Gasteiger partial charge in [0.25, 0.3) is 11.8 Å². The maximum absolute atomic E-state index is 12.7. The van der Waals surface area contributed by atoms with Gasteiger partial charge in [0.2, 0.25) is 0 Å². The van der Waals surface area contributed by atoms with Crippen molar-refractivity contribution in [1.82, 2.24) is 0 Å². The first-order chi connectivity index (χ1) is 12.5. The Balaban J connectivity index is 1.68. The van der Waals surface area contributed by atoms with Gasteiger partial charge in [-0.05, 0) is 12.1 Å². The molecule has 0 atom stereocenters. The first kappa shape index (κ1) is 16.6. The number of nitrogens with one attached hydrogen (secondary N) is 2. The van der Waals surface area contributed by atoms with Gasteiger partial charge in [-0.2, -0.15) is 0 Å². The van der Waals surface area contributed by atoms with Gasteiger partial charge in [-0.3, -0.25) is 9.59 Å². The minimum atomic E-state index is -1.11. The highest BCUT2D eigenvalue weighted by Gasteiger charge is 2.28. The van der Waals surface area contributed by atoms with Crippen molar-refractivity contribution in [2.45, 2.75) is 13.0 Å². The van der Waals surface area contributed by atoms with Crippen LogP contribution >= 0.6 is 11.3 Å². The number of benzene rings is 1. The summed E-state index contributed by atoms with van der Waals surface area (Å²) >= 11 is 1.25. The predicted octanol–water partition coefficient (Wildman–Crippen LogP) is 2.10. The summed E-state index contributed by atoms with van der Waals surface area (Å²) < 4.78 is 10.7. The average Bonchev–Trinajstić information content (AvgIpc) is 2.98. The molecule has 3 N–H and O–H groups in total. The smallest absolute Gasteiger partial charge is 0.339 e.